The molecule has 1 atom stereocenters. The number of carbonyl (C=O) groups is 2. The minimum atomic E-state index is -0.949. The summed E-state index contributed by atoms with van der Waals surface area (Å²) in [5.41, 5.74) is 0.580. The van der Waals surface area contributed by atoms with Gasteiger partial charge in [-0.25, -0.2) is 0 Å². The number of carbonyl (C=O) groups excluding carboxylic acids is 2. The van der Waals surface area contributed by atoms with Gasteiger partial charge in [-0.2, -0.15) is 5.10 Å². The first kappa shape index (κ1) is 18.4. The monoisotopic (exact) mass is 336 g/mol. The second-order valence-electron chi connectivity index (χ2n) is 6.70. The van der Waals surface area contributed by atoms with Crippen LogP contribution in [0.15, 0.2) is 12.4 Å². The van der Waals surface area contributed by atoms with Gasteiger partial charge in [0.25, 0.3) is 11.8 Å². The van der Waals surface area contributed by atoms with E-state index in [-0.39, 0.29) is 17.7 Å². The number of hydrogen-bond acceptors (Lipinski definition) is 4. The summed E-state index contributed by atoms with van der Waals surface area (Å²) in [6.45, 7) is 8.79. The molecule has 2 amide bonds. The number of amides is 2. The van der Waals surface area contributed by atoms with Crippen molar-refractivity contribution in [2.75, 3.05) is 26.2 Å². The number of aromatic nitrogens is 2. The SMILES string of the molecule is CCn1cc(C(=O)N2CCCN(C(=O)C(O)CC(C)C)CC2)cn1. The Morgan fingerprint density at radius 3 is 2.50 bits per heavy atom. The van der Waals surface area contributed by atoms with Crippen molar-refractivity contribution >= 4 is 11.8 Å². The number of aliphatic hydroxyl groups is 1. The Morgan fingerprint density at radius 1 is 1.21 bits per heavy atom. The van der Waals surface area contributed by atoms with Gasteiger partial charge in [0.2, 0.25) is 0 Å². The fourth-order valence-electron chi connectivity index (χ4n) is 2.93. The molecule has 0 saturated carbocycles. The van der Waals surface area contributed by atoms with E-state index in [1.165, 1.54) is 0 Å². The molecular weight excluding hydrogens is 308 g/mol. The highest BCUT2D eigenvalue weighted by atomic mass is 16.3. The molecule has 2 heterocycles. The van der Waals surface area contributed by atoms with Gasteiger partial charge in [0.15, 0.2) is 0 Å². The number of aryl methyl sites for hydroxylation is 1. The van der Waals surface area contributed by atoms with E-state index < -0.39 is 6.10 Å². The molecule has 7 nitrogen and oxygen atoms in total. The molecule has 0 aromatic carbocycles. The van der Waals surface area contributed by atoms with E-state index in [0.717, 1.165) is 6.54 Å². The van der Waals surface area contributed by atoms with Crippen LogP contribution in [0.1, 0.15) is 44.0 Å². The fourth-order valence-corrected chi connectivity index (χ4v) is 2.93. The maximum Gasteiger partial charge on any atom is 0.257 e. The largest absolute Gasteiger partial charge is 0.383 e. The van der Waals surface area contributed by atoms with Crippen LogP contribution in [0.4, 0.5) is 0 Å². The van der Waals surface area contributed by atoms with Gasteiger partial charge in [-0.15, -0.1) is 0 Å². The van der Waals surface area contributed by atoms with Gasteiger partial charge in [-0.3, -0.25) is 14.3 Å². The van der Waals surface area contributed by atoms with Gasteiger partial charge in [0.1, 0.15) is 6.10 Å². The number of rotatable bonds is 5. The average molecular weight is 336 g/mol. The van der Waals surface area contributed by atoms with Crippen molar-refractivity contribution in [3.63, 3.8) is 0 Å². The molecule has 1 unspecified atom stereocenters. The van der Waals surface area contributed by atoms with Crippen LogP contribution in [0.2, 0.25) is 0 Å². The molecule has 1 aliphatic heterocycles. The zero-order valence-corrected chi connectivity index (χ0v) is 14.8. The summed E-state index contributed by atoms with van der Waals surface area (Å²) < 4.78 is 1.73. The lowest BCUT2D eigenvalue weighted by Crippen LogP contribution is -2.42. The Balaban J connectivity index is 1.94. The third-order valence-corrected chi connectivity index (χ3v) is 4.28. The lowest BCUT2D eigenvalue weighted by molar-refractivity contribution is -0.140. The Hall–Kier alpha value is -1.89. The smallest absolute Gasteiger partial charge is 0.257 e. The highest BCUT2D eigenvalue weighted by Gasteiger charge is 2.27. The minimum absolute atomic E-state index is 0.0493. The van der Waals surface area contributed by atoms with Gasteiger partial charge < -0.3 is 14.9 Å². The predicted molar refractivity (Wildman–Crippen MR) is 90.5 cm³/mol. The molecule has 1 aliphatic rings. The number of hydrogen-bond donors (Lipinski definition) is 1. The van der Waals surface area contributed by atoms with E-state index in [0.29, 0.717) is 44.6 Å². The maximum atomic E-state index is 12.6. The van der Waals surface area contributed by atoms with Gasteiger partial charge >= 0.3 is 0 Å². The predicted octanol–water partition coefficient (Wildman–Crippen LogP) is 0.984. The maximum absolute atomic E-state index is 12.6. The van der Waals surface area contributed by atoms with Crippen molar-refractivity contribution in [2.24, 2.45) is 5.92 Å². The third kappa shape index (κ3) is 4.56. The Morgan fingerprint density at radius 2 is 1.88 bits per heavy atom. The second kappa shape index (κ2) is 8.28. The summed E-state index contributed by atoms with van der Waals surface area (Å²) in [4.78, 5) is 28.3. The normalized spacial score (nSPS) is 17.0. The number of nitrogens with zero attached hydrogens (tertiary/aromatic N) is 4. The van der Waals surface area contributed by atoms with Crippen molar-refractivity contribution < 1.29 is 14.7 Å². The Kier molecular flexibility index (Phi) is 6.36. The molecule has 2 rings (SSSR count). The van der Waals surface area contributed by atoms with Crippen LogP contribution in [-0.2, 0) is 11.3 Å². The van der Waals surface area contributed by atoms with Crippen LogP contribution in [0.5, 0.6) is 0 Å². The first-order valence-electron chi connectivity index (χ1n) is 8.71. The molecule has 1 aromatic rings. The average Bonchev–Trinajstić information content (AvgIpc) is 2.90. The summed E-state index contributed by atoms with van der Waals surface area (Å²) >= 11 is 0. The first-order valence-corrected chi connectivity index (χ1v) is 8.71. The molecule has 0 bridgehead atoms. The molecule has 0 spiro atoms. The van der Waals surface area contributed by atoms with Crippen LogP contribution in [0, 0.1) is 5.92 Å². The van der Waals surface area contributed by atoms with Crippen molar-refractivity contribution in [3.8, 4) is 0 Å². The summed E-state index contributed by atoms with van der Waals surface area (Å²) in [6, 6.07) is 0. The molecule has 1 saturated heterocycles. The van der Waals surface area contributed by atoms with Gasteiger partial charge in [0, 0.05) is 38.9 Å². The van der Waals surface area contributed by atoms with Crippen LogP contribution >= 0.6 is 0 Å². The Bertz CT molecular complexity index is 570. The van der Waals surface area contributed by atoms with Crippen molar-refractivity contribution in [1.29, 1.82) is 0 Å². The summed E-state index contributed by atoms with van der Waals surface area (Å²) in [5, 5.41) is 14.2. The van der Waals surface area contributed by atoms with Gasteiger partial charge in [0.05, 0.1) is 11.8 Å². The minimum Gasteiger partial charge on any atom is -0.383 e. The second-order valence-corrected chi connectivity index (χ2v) is 6.70. The van der Waals surface area contributed by atoms with Crippen molar-refractivity contribution in [1.82, 2.24) is 19.6 Å². The van der Waals surface area contributed by atoms with E-state index >= 15 is 0 Å². The highest BCUT2D eigenvalue weighted by molar-refractivity contribution is 5.93. The standard InChI is InChI=1S/C17H28N4O3/c1-4-21-12-14(11-18-21)16(23)19-6-5-7-20(9-8-19)17(24)15(22)10-13(2)3/h11-13,15,22H,4-10H2,1-3H3. The quantitative estimate of drug-likeness (QED) is 0.869. The summed E-state index contributed by atoms with van der Waals surface area (Å²) in [6.07, 6.45) is 3.58. The zero-order chi connectivity index (χ0) is 17.7. The van der Waals surface area contributed by atoms with Gasteiger partial charge in [-0.05, 0) is 25.7 Å². The molecule has 1 fully saturated rings. The third-order valence-electron chi connectivity index (χ3n) is 4.28. The lowest BCUT2D eigenvalue weighted by Gasteiger charge is -2.24. The molecule has 0 radical (unpaired) electrons. The molecule has 1 N–H and O–H groups in total. The van der Waals surface area contributed by atoms with Crippen LogP contribution in [0.25, 0.3) is 0 Å². The van der Waals surface area contributed by atoms with E-state index in [9.17, 15) is 14.7 Å². The van der Waals surface area contributed by atoms with E-state index in [4.69, 9.17) is 0 Å². The van der Waals surface area contributed by atoms with E-state index in [1.54, 1.807) is 26.9 Å². The zero-order valence-electron chi connectivity index (χ0n) is 14.8. The molecule has 134 valence electrons. The number of aliphatic hydroxyl groups excluding tert-OH is 1. The molecule has 7 heteroatoms. The van der Waals surface area contributed by atoms with Crippen LogP contribution in [0.3, 0.4) is 0 Å². The van der Waals surface area contributed by atoms with Crippen LogP contribution < -0.4 is 0 Å². The molecule has 24 heavy (non-hydrogen) atoms. The molecule has 1 aromatic heterocycles. The lowest BCUT2D eigenvalue weighted by atomic mass is 10.1. The molecule has 0 aliphatic carbocycles. The van der Waals surface area contributed by atoms with Crippen LogP contribution in [-0.4, -0.2) is 68.8 Å². The topological polar surface area (TPSA) is 78.7 Å². The molecular formula is C17H28N4O3. The summed E-state index contributed by atoms with van der Waals surface area (Å²) in [5.74, 6) is -0.00682. The fraction of sp³-hybridized carbons (Fsp3) is 0.706. The first-order chi connectivity index (χ1) is 11.4. The van der Waals surface area contributed by atoms with Crippen molar-refractivity contribution in [3.05, 3.63) is 18.0 Å². The van der Waals surface area contributed by atoms with E-state index in [1.807, 2.05) is 20.8 Å². The summed E-state index contributed by atoms with van der Waals surface area (Å²) in [7, 11) is 0. The van der Waals surface area contributed by atoms with Crippen molar-refractivity contribution in [2.45, 2.75) is 46.3 Å². The van der Waals surface area contributed by atoms with E-state index in [2.05, 4.69) is 5.10 Å². The highest BCUT2D eigenvalue weighted by Crippen LogP contribution is 2.12. The van der Waals surface area contributed by atoms with Gasteiger partial charge in [-0.1, -0.05) is 13.8 Å². The Labute approximate surface area is 143 Å².